The number of nitrogens with zero attached hydrogens (tertiary/aromatic N) is 4. The summed E-state index contributed by atoms with van der Waals surface area (Å²) >= 11 is 0. The Morgan fingerprint density at radius 3 is 2.92 bits per heavy atom. The van der Waals surface area contributed by atoms with Gasteiger partial charge in [0.25, 0.3) is 0 Å². The molecule has 0 saturated heterocycles. The van der Waals surface area contributed by atoms with Gasteiger partial charge < -0.3 is 18.9 Å². The van der Waals surface area contributed by atoms with Crippen LogP contribution >= 0.6 is 0 Å². The van der Waals surface area contributed by atoms with Gasteiger partial charge >= 0.3 is 0 Å². The number of carbonyl (C=O) groups excluding carboxylic acids is 1. The van der Waals surface area contributed by atoms with Gasteiger partial charge in [0, 0.05) is 25.9 Å². The molecule has 3 rings (SSSR count). The molecular formula is C18H24N4O3. The topological polar surface area (TPSA) is 69.5 Å². The molecule has 2 aromatic rings. The third-order valence-corrected chi connectivity index (χ3v) is 4.41. The van der Waals surface area contributed by atoms with Gasteiger partial charge in [0.1, 0.15) is 12.4 Å². The quantitative estimate of drug-likeness (QED) is 0.800. The molecule has 1 aliphatic rings. The summed E-state index contributed by atoms with van der Waals surface area (Å²) in [6, 6.07) is 5.84. The van der Waals surface area contributed by atoms with E-state index in [1.165, 1.54) is 7.11 Å². The Morgan fingerprint density at radius 1 is 1.32 bits per heavy atom. The van der Waals surface area contributed by atoms with Crippen molar-refractivity contribution < 1.29 is 14.3 Å². The minimum Gasteiger partial charge on any atom is -0.375 e. The number of hydrogen-bond acceptors (Lipinski definition) is 5. The number of aryl methyl sites for hydroxylation is 1. The Balaban J connectivity index is 1.62. The van der Waals surface area contributed by atoms with E-state index in [9.17, 15) is 4.79 Å². The molecule has 7 heteroatoms. The van der Waals surface area contributed by atoms with Crippen molar-refractivity contribution in [1.29, 1.82) is 0 Å². The van der Waals surface area contributed by atoms with Gasteiger partial charge in [-0.15, -0.1) is 0 Å². The number of hydrogen-bond donors (Lipinski definition) is 0. The van der Waals surface area contributed by atoms with Crippen molar-refractivity contribution >= 4 is 5.91 Å². The van der Waals surface area contributed by atoms with Crippen LogP contribution in [0.4, 0.5) is 0 Å². The van der Waals surface area contributed by atoms with Crippen LogP contribution in [-0.2, 0) is 34.0 Å². The van der Waals surface area contributed by atoms with Crippen molar-refractivity contribution in [3.8, 4) is 0 Å². The highest BCUT2D eigenvalue weighted by Crippen LogP contribution is 2.25. The van der Waals surface area contributed by atoms with Crippen molar-refractivity contribution in [2.45, 2.75) is 39.6 Å². The van der Waals surface area contributed by atoms with Gasteiger partial charge in [-0.1, -0.05) is 6.07 Å². The number of imidazole rings is 1. The maximum Gasteiger partial charge on any atom is 0.249 e. The van der Waals surface area contributed by atoms with Gasteiger partial charge in [-0.3, -0.25) is 9.78 Å². The fourth-order valence-corrected chi connectivity index (χ4v) is 3.16. The first kappa shape index (κ1) is 17.6. The Hall–Kier alpha value is -2.25. The highest BCUT2D eigenvalue weighted by Gasteiger charge is 2.29. The molecule has 0 aliphatic carbocycles. The maximum atomic E-state index is 12.1. The third-order valence-electron chi connectivity index (χ3n) is 4.41. The van der Waals surface area contributed by atoms with Crippen LogP contribution in [0.3, 0.4) is 0 Å². The van der Waals surface area contributed by atoms with Gasteiger partial charge in [0.15, 0.2) is 0 Å². The van der Waals surface area contributed by atoms with E-state index in [0.717, 1.165) is 29.5 Å². The summed E-state index contributed by atoms with van der Waals surface area (Å²) in [5.74, 6) is 0.885. The number of aromatic nitrogens is 3. The van der Waals surface area contributed by atoms with Crippen molar-refractivity contribution in [3.63, 3.8) is 0 Å². The SMILES string of the molecule is COCC(=O)N1CCn2c(COCc3cccc(C)n3)cnc2C1C. The number of fused-ring (bicyclic) bond motifs is 1. The first-order valence-corrected chi connectivity index (χ1v) is 8.43. The zero-order valence-electron chi connectivity index (χ0n) is 14.9. The van der Waals surface area contributed by atoms with Crippen LogP contribution in [-0.4, -0.2) is 45.6 Å². The van der Waals surface area contributed by atoms with E-state index in [1.807, 2.05) is 43.1 Å². The predicted octanol–water partition coefficient (Wildman–Crippen LogP) is 1.85. The lowest BCUT2D eigenvalue weighted by molar-refractivity contribution is -0.138. The molecule has 25 heavy (non-hydrogen) atoms. The molecule has 0 N–H and O–H groups in total. The van der Waals surface area contributed by atoms with E-state index >= 15 is 0 Å². The second-order valence-electron chi connectivity index (χ2n) is 6.22. The molecule has 0 bridgehead atoms. The van der Waals surface area contributed by atoms with Gasteiger partial charge in [-0.2, -0.15) is 0 Å². The predicted molar refractivity (Wildman–Crippen MR) is 91.7 cm³/mol. The largest absolute Gasteiger partial charge is 0.375 e. The molecule has 1 atom stereocenters. The molecule has 0 radical (unpaired) electrons. The van der Waals surface area contributed by atoms with Gasteiger partial charge in [-0.25, -0.2) is 4.98 Å². The summed E-state index contributed by atoms with van der Waals surface area (Å²) in [6.45, 7) is 6.37. The maximum absolute atomic E-state index is 12.1. The molecule has 2 aromatic heterocycles. The minimum atomic E-state index is -0.0661. The first-order valence-electron chi connectivity index (χ1n) is 8.43. The fraction of sp³-hybridized carbons (Fsp3) is 0.500. The Bertz CT molecular complexity index is 744. The lowest BCUT2D eigenvalue weighted by atomic mass is 10.2. The summed E-state index contributed by atoms with van der Waals surface area (Å²) in [6.07, 6.45) is 1.83. The van der Waals surface area contributed by atoms with Gasteiger partial charge in [-0.05, 0) is 26.0 Å². The molecule has 0 aromatic carbocycles. The van der Waals surface area contributed by atoms with Crippen LogP contribution in [0.2, 0.25) is 0 Å². The van der Waals surface area contributed by atoms with E-state index in [2.05, 4.69) is 14.5 Å². The monoisotopic (exact) mass is 344 g/mol. The third kappa shape index (κ3) is 3.88. The van der Waals surface area contributed by atoms with Gasteiger partial charge in [0.2, 0.25) is 5.91 Å². The molecule has 1 amide bonds. The molecule has 0 saturated carbocycles. The number of methoxy groups -OCH3 is 1. The second kappa shape index (κ2) is 7.76. The number of ether oxygens (including phenoxy) is 2. The number of amides is 1. The molecule has 3 heterocycles. The average Bonchev–Trinajstić information content (AvgIpc) is 2.99. The fourth-order valence-electron chi connectivity index (χ4n) is 3.16. The Morgan fingerprint density at radius 2 is 2.16 bits per heavy atom. The van der Waals surface area contributed by atoms with Crippen LogP contribution < -0.4 is 0 Å². The van der Waals surface area contributed by atoms with Crippen LogP contribution in [0.25, 0.3) is 0 Å². The number of carbonyl (C=O) groups is 1. The van der Waals surface area contributed by atoms with Crippen LogP contribution in [0.1, 0.15) is 35.9 Å². The summed E-state index contributed by atoms with van der Waals surface area (Å²) in [4.78, 5) is 22.9. The normalized spacial score (nSPS) is 16.8. The Labute approximate surface area is 147 Å². The van der Waals surface area contributed by atoms with Crippen molar-refractivity contribution in [1.82, 2.24) is 19.4 Å². The lowest BCUT2D eigenvalue weighted by Gasteiger charge is -2.34. The van der Waals surface area contributed by atoms with Crippen molar-refractivity contribution in [2.75, 3.05) is 20.3 Å². The van der Waals surface area contributed by atoms with E-state index in [-0.39, 0.29) is 18.6 Å². The molecule has 0 spiro atoms. The van der Waals surface area contributed by atoms with Crippen LogP contribution in [0.15, 0.2) is 24.4 Å². The summed E-state index contributed by atoms with van der Waals surface area (Å²) in [7, 11) is 1.53. The molecule has 134 valence electrons. The summed E-state index contributed by atoms with van der Waals surface area (Å²) in [5.41, 5.74) is 2.92. The molecule has 0 fully saturated rings. The van der Waals surface area contributed by atoms with E-state index in [1.54, 1.807) is 0 Å². The molecule has 1 unspecified atom stereocenters. The first-order chi connectivity index (χ1) is 12.1. The highest BCUT2D eigenvalue weighted by atomic mass is 16.5. The molecular weight excluding hydrogens is 320 g/mol. The summed E-state index contributed by atoms with van der Waals surface area (Å²) < 4.78 is 12.9. The number of pyridine rings is 1. The smallest absolute Gasteiger partial charge is 0.249 e. The zero-order chi connectivity index (χ0) is 17.8. The Kier molecular flexibility index (Phi) is 5.45. The standard InChI is InChI=1S/C18H24N4O3/c1-13-5-4-6-15(20-13)10-25-11-16-9-19-18-14(2)21(7-8-22(16)18)17(23)12-24-3/h4-6,9,14H,7-8,10-12H2,1-3H3. The summed E-state index contributed by atoms with van der Waals surface area (Å²) in [5, 5.41) is 0. The van der Waals surface area contributed by atoms with Crippen molar-refractivity contribution in [2.24, 2.45) is 0 Å². The second-order valence-corrected chi connectivity index (χ2v) is 6.22. The van der Waals surface area contributed by atoms with Crippen LogP contribution in [0.5, 0.6) is 0 Å². The van der Waals surface area contributed by atoms with Crippen LogP contribution in [0, 0.1) is 6.92 Å². The lowest BCUT2D eigenvalue weighted by Crippen LogP contribution is -2.43. The molecule has 7 nitrogen and oxygen atoms in total. The zero-order valence-corrected chi connectivity index (χ0v) is 14.9. The molecule has 1 aliphatic heterocycles. The van der Waals surface area contributed by atoms with E-state index in [4.69, 9.17) is 9.47 Å². The van der Waals surface area contributed by atoms with E-state index < -0.39 is 0 Å². The van der Waals surface area contributed by atoms with Gasteiger partial charge in [0.05, 0.1) is 36.8 Å². The highest BCUT2D eigenvalue weighted by molar-refractivity contribution is 5.78. The number of rotatable bonds is 6. The van der Waals surface area contributed by atoms with Crippen molar-refractivity contribution in [3.05, 3.63) is 47.3 Å². The minimum absolute atomic E-state index is 0.00688. The van der Waals surface area contributed by atoms with E-state index in [0.29, 0.717) is 19.8 Å². The average molecular weight is 344 g/mol.